The number of benzene rings is 2. The van der Waals surface area contributed by atoms with Crippen LogP contribution in [-0.4, -0.2) is 23.5 Å². The maximum absolute atomic E-state index is 5.44. The molecule has 1 aromatic heterocycles. The Morgan fingerprint density at radius 1 is 1.14 bits per heavy atom. The van der Waals surface area contributed by atoms with Gasteiger partial charge in [-0.15, -0.1) is 0 Å². The number of ether oxygens (including phenoxy) is 3. The molecule has 2 aromatic carbocycles. The maximum atomic E-state index is 5.44. The molecule has 0 unspecified atom stereocenters. The molecule has 0 aliphatic carbocycles. The minimum atomic E-state index is 0.256. The lowest BCUT2D eigenvalue weighted by Gasteiger charge is -2.07. The van der Waals surface area contributed by atoms with Crippen LogP contribution in [0, 0.1) is 4.77 Å². The molecule has 2 heterocycles. The van der Waals surface area contributed by atoms with Gasteiger partial charge in [0.2, 0.25) is 6.79 Å². The molecular formula is C15H12N2O3S. The Bertz CT molecular complexity index is 898. The van der Waals surface area contributed by atoms with Crippen molar-refractivity contribution in [2.24, 2.45) is 0 Å². The lowest BCUT2D eigenvalue weighted by atomic mass is 10.2. The Kier molecular flexibility index (Phi) is 2.65. The second-order valence-corrected chi connectivity index (χ2v) is 5.07. The number of imidazole rings is 1. The Balaban J connectivity index is 1.97. The van der Waals surface area contributed by atoms with Gasteiger partial charge in [-0.1, -0.05) is 0 Å². The highest BCUT2D eigenvalue weighted by Gasteiger charge is 2.15. The van der Waals surface area contributed by atoms with Crippen LogP contribution in [0.3, 0.4) is 0 Å². The quantitative estimate of drug-likeness (QED) is 0.737. The molecule has 3 aromatic rings. The third-order valence-electron chi connectivity index (χ3n) is 3.50. The first kappa shape index (κ1) is 12.3. The summed E-state index contributed by atoms with van der Waals surface area (Å²) in [6, 6.07) is 11.6. The van der Waals surface area contributed by atoms with Crippen molar-refractivity contribution in [1.82, 2.24) is 9.55 Å². The zero-order valence-electron chi connectivity index (χ0n) is 11.3. The van der Waals surface area contributed by atoms with Crippen molar-refractivity contribution in [3.63, 3.8) is 0 Å². The summed E-state index contributed by atoms with van der Waals surface area (Å²) in [6.45, 7) is 0.256. The number of methoxy groups -OCH3 is 1. The molecule has 0 spiro atoms. The predicted octanol–water partition coefficient (Wildman–Crippen LogP) is 3.43. The van der Waals surface area contributed by atoms with Crippen molar-refractivity contribution in [1.29, 1.82) is 0 Å². The van der Waals surface area contributed by atoms with Crippen molar-refractivity contribution in [2.75, 3.05) is 13.9 Å². The van der Waals surface area contributed by atoms with Gasteiger partial charge in [0.1, 0.15) is 5.75 Å². The van der Waals surface area contributed by atoms with Crippen LogP contribution >= 0.6 is 12.2 Å². The van der Waals surface area contributed by atoms with Crippen molar-refractivity contribution in [3.8, 4) is 22.9 Å². The van der Waals surface area contributed by atoms with Crippen LogP contribution in [0.5, 0.6) is 17.2 Å². The van der Waals surface area contributed by atoms with E-state index in [2.05, 4.69) is 4.98 Å². The fraction of sp³-hybridized carbons (Fsp3) is 0.133. The van der Waals surface area contributed by atoms with Gasteiger partial charge in [0.05, 0.1) is 23.8 Å². The maximum Gasteiger partial charge on any atom is 0.231 e. The van der Waals surface area contributed by atoms with E-state index in [1.807, 2.05) is 41.0 Å². The Hall–Kier alpha value is -2.47. The second-order valence-electron chi connectivity index (χ2n) is 4.69. The highest BCUT2D eigenvalue weighted by atomic mass is 32.1. The van der Waals surface area contributed by atoms with E-state index in [0.29, 0.717) is 4.77 Å². The molecule has 0 saturated carbocycles. The number of rotatable bonds is 2. The smallest absolute Gasteiger partial charge is 0.231 e. The fourth-order valence-electron chi connectivity index (χ4n) is 2.49. The van der Waals surface area contributed by atoms with Crippen LogP contribution < -0.4 is 14.2 Å². The summed E-state index contributed by atoms with van der Waals surface area (Å²) in [6.07, 6.45) is 0. The largest absolute Gasteiger partial charge is 0.497 e. The molecule has 106 valence electrons. The average Bonchev–Trinajstić information content (AvgIpc) is 3.08. The van der Waals surface area contributed by atoms with Gasteiger partial charge < -0.3 is 19.2 Å². The number of fused-ring (bicyclic) bond motifs is 2. The summed E-state index contributed by atoms with van der Waals surface area (Å²) in [4.78, 5) is 3.19. The van der Waals surface area contributed by atoms with Crippen LogP contribution in [0.25, 0.3) is 16.7 Å². The molecule has 0 fully saturated rings. The van der Waals surface area contributed by atoms with E-state index >= 15 is 0 Å². The fourth-order valence-corrected chi connectivity index (χ4v) is 2.80. The third-order valence-corrected chi connectivity index (χ3v) is 3.79. The molecule has 0 radical (unpaired) electrons. The van der Waals surface area contributed by atoms with Gasteiger partial charge in [0.15, 0.2) is 16.3 Å². The first-order valence-electron chi connectivity index (χ1n) is 6.45. The second kappa shape index (κ2) is 4.53. The molecule has 0 saturated heterocycles. The molecule has 1 N–H and O–H groups in total. The van der Waals surface area contributed by atoms with Crippen LogP contribution in [0.4, 0.5) is 0 Å². The van der Waals surface area contributed by atoms with Gasteiger partial charge in [0, 0.05) is 12.1 Å². The number of hydrogen-bond acceptors (Lipinski definition) is 4. The van der Waals surface area contributed by atoms with Crippen molar-refractivity contribution in [2.45, 2.75) is 0 Å². The topological polar surface area (TPSA) is 48.4 Å². The van der Waals surface area contributed by atoms with E-state index in [1.165, 1.54) is 0 Å². The number of aromatic nitrogens is 2. The van der Waals surface area contributed by atoms with E-state index in [9.17, 15) is 0 Å². The van der Waals surface area contributed by atoms with Crippen LogP contribution in [0.2, 0.25) is 0 Å². The standard InChI is InChI=1S/C15H12N2O3S/c1-18-10-3-4-11-12(7-10)17(15(21)16-11)9-2-5-13-14(6-9)20-8-19-13/h2-7H,8H2,1H3,(H,16,21). The molecule has 1 aliphatic rings. The van der Waals surface area contributed by atoms with E-state index in [0.717, 1.165) is 34.0 Å². The van der Waals surface area contributed by atoms with Crippen LogP contribution in [0.1, 0.15) is 0 Å². The van der Waals surface area contributed by atoms with Gasteiger partial charge in [0.25, 0.3) is 0 Å². The zero-order valence-corrected chi connectivity index (χ0v) is 12.1. The van der Waals surface area contributed by atoms with Gasteiger partial charge >= 0.3 is 0 Å². The lowest BCUT2D eigenvalue weighted by Crippen LogP contribution is -1.94. The van der Waals surface area contributed by atoms with Crippen LogP contribution in [0.15, 0.2) is 36.4 Å². The van der Waals surface area contributed by atoms with Crippen molar-refractivity contribution in [3.05, 3.63) is 41.2 Å². The van der Waals surface area contributed by atoms with Crippen molar-refractivity contribution < 1.29 is 14.2 Å². The molecule has 6 heteroatoms. The Labute approximate surface area is 125 Å². The van der Waals surface area contributed by atoms with Crippen LogP contribution in [-0.2, 0) is 0 Å². The molecule has 21 heavy (non-hydrogen) atoms. The van der Waals surface area contributed by atoms with Gasteiger partial charge in [-0.3, -0.25) is 4.57 Å². The summed E-state index contributed by atoms with van der Waals surface area (Å²) in [7, 11) is 1.65. The van der Waals surface area contributed by atoms with E-state index in [4.69, 9.17) is 26.4 Å². The highest BCUT2D eigenvalue weighted by Crippen LogP contribution is 2.34. The first-order chi connectivity index (χ1) is 10.3. The summed E-state index contributed by atoms with van der Waals surface area (Å²) in [5.41, 5.74) is 2.83. The lowest BCUT2D eigenvalue weighted by molar-refractivity contribution is 0.174. The third kappa shape index (κ3) is 1.87. The average molecular weight is 300 g/mol. The zero-order chi connectivity index (χ0) is 14.4. The van der Waals surface area contributed by atoms with E-state index in [-0.39, 0.29) is 6.79 Å². The number of nitrogens with one attached hydrogen (secondary N) is 1. The molecule has 4 rings (SSSR count). The Morgan fingerprint density at radius 2 is 2.00 bits per heavy atom. The van der Waals surface area contributed by atoms with Crippen molar-refractivity contribution >= 4 is 23.3 Å². The number of aromatic amines is 1. The molecule has 1 aliphatic heterocycles. The SMILES string of the molecule is COc1ccc2[nH]c(=S)n(-c3ccc4c(c3)OCO4)c2c1. The highest BCUT2D eigenvalue weighted by molar-refractivity contribution is 7.71. The molecule has 5 nitrogen and oxygen atoms in total. The number of hydrogen-bond donors (Lipinski definition) is 1. The molecular weight excluding hydrogens is 288 g/mol. The van der Waals surface area contributed by atoms with E-state index < -0.39 is 0 Å². The summed E-state index contributed by atoms with van der Waals surface area (Å²) < 4.78 is 18.6. The minimum Gasteiger partial charge on any atom is -0.497 e. The van der Waals surface area contributed by atoms with Gasteiger partial charge in [-0.2, -0.15) is 0 Å². The summed E-state index contributed by atoms with van der Waals surface area (Å²) in [5, 5.41) is 0. The molecule has 0 atom stereocenters. The van der Waals surface area contributed by atoms with Gasteiger partial charge in [-0.25, -0.2) is 0 Å². The molecule has 0 amide bonds. The minimum absolute atomic E-state index is 0.256. The monoisotopic (exact) mass is 300 g/mol. The van der Waals surface area contributed by atoms with E-state index in [1.54, 1.807) is 7.11 Å². The summed E-state index contributed by atoms with van der Waals surface area (Å²) >= 11 is 5.44. The van der Waals surface area contributed by atoms with Gasteiger partial charge in [-0.05, 0) is 36.5 Å². The number of nitrogens with zero attached hydrogens (tertiary/aromatic N) is 1. The molecule has 0 bridgehead atoms. The normalized spacial score (nSPS) is 12.8. The first-order valence-corrected chi connectivity index (χ1v) is 6.86. The number of H-pyrrole nitrogens is 1. The Morgan fingerprint density at radius 3 is 2.86 bits per heavy atom. The summed E-state index contributed by atoms with van der Waals surface area (Å²) in [5.74, 6) is 2.26. The predicted molar refractivity (Wildman–Crippen MR) is 81.1 cm³/mol.